The fraction of sp³-hybridized carbons (Fsp3) is 0.692. The van der Waals surface area contributed by atoms with Crippen LogP contribution in [-0.4, -0.2) is 40.5 Å². The number of aryl methyl sites for hydroxylation is 1. The molecular weight excluding hydrogens is 212 g/mol. The van der Waals surface area contributed by atoms with Crippen molar-refractivity contribution in [1.29, 1.82) is 0 Å². The molecule has 1 saturated heterocycles. The fourth-order valence-electron chi connectivity index (χ4n) is 2.31. The Morgan fingerprint density at radius 3 is 2.82 bits per heavy atom. The number of nitrogens with zero attached hydrogens (tertiary/aromatic N) is 3. The zero-order chi connectivity index (χ0) is 12.1. The van der Waals surface area contributed by atoms with E-state index in [0.29, 0.717) is 6.04 Å². The molecule has 2 heterocycles. The standard InChI is InChI=1S/C13H22N4/c1-3-17-8-5-12(6-9-17)15-10-13-4-7-14-11(2)16-13/h4,7,12,15H,3,5-6,8-10H2,1-2H3. The summed E-state index contributed by atoms with van der Waals surface area (Å²) in [5, 5.41) is 3.59. The second-order valence-electron chi connectivity index (χ2n) is 4.68. The molecule has 1 N–H and O–H groups in total. The molecule has 0 spiro atoms. The van der Waals surface area contributed by atoms with E-state index in [4.69, 9.17) is 0 Å². The molecule has 4 nitrogen and oxygen atoms in total. The molecule has 0 bridgehead atoms. The third-order valence-electron chi connectivity index (χ3n) is 3.44. The van der Waals surface area contributed by atoms with Gasteiger partial charge in [-0.05, 0) is 45.5 Å². The molecule has 0 unspecified atom stereocenters. The maximum absolute atomic E-state index is 4.40. The molecule has 0 saturated carbocycles. The van der Waals surface area contributed by atoms with Crippen molar-refractivity contribution in [2.24, 2.45) is 0 Å². The van der Waals surface area contributed by atoms with Crippen molar-refractivity contribution in [2.75, 3.05) is 19.6 Å². The molecule has 1 aliphatic heterocycles. The monoisotopic (exact) mass is 234 g/mol. The maximum atomic E-state index is 4.40. The van der Waals surface area contributed by atoms with E-state index in [0.717, 1.165) is 18.1 Å². The third-order valence-corrected chi connectivity index (χ3v) is 3.44. The van der Waals surface area contributed by atoms with Crippen LogP contribution in [0.4, 0.5) is 0 Å². The number of aromatic nitrogens is 2. The highest BCUT2D eigenvalue weighted by molar-refractivity contribution is 5.01. The van der Waals surface area contributed by atoms with Gasteiger partial charge < -0.3 is 10.2 Å². The van der Waals surface area contributed by atoms with Crippen LogP contribution < -0.4 is 5.32 Å². The molecule has 0 radical (unpaired) electrons. The van der Waals surface area contributed by atoms with Gasteiger partial charge in [0.25, 0.3) is 0 Å². The van der Waals surface area contributed by atoms with E-state index in [9.17, 15) is 0 Å². The van der Waals surface area contributed by atoms with Gasteiger partial charge in [-0.2, -0.15) is 0 Å². The lowest BCUT2D eigenvalue weighted by molar-refractivity contribution is 0.205. The van der Waals surface area contributed by atoms with Gasteiger partial charge in [0.15, 0.2) is 0 Å². The first-order valence-corrected chi connectivity index (χ1v) is 6.52. The second kappa shape index (κ2) is 6.07. The SMILES string of the molecule is CCN1CCC(NCc2ccnc(C)n2)CC1. The summed E-state index contributed by atoms with van der Waals surface area (Å²) in [6, 6.07) is 2.63. The number of rotatable bonds is 4. The molecule has 4 heteroatoms. The average Bonchev–Trinajstić information content (AvgIpc) is 2.37. The van der Waals surface area contributed by atoms with Crippen LogP contribution in [0.15, 0.2) is 12.3 Å². The van der Waals surface area contributed by atoms with E-state index in [1.54, 1.807) is 0 Å². The zero-order valence-electron chi connectivity index (χ0n) is 10.8. The van der Waals surface area contributed by atoms with Crippen molar-refractivity contribution in [2.45, 2.75) is 39.3 Å². The normalized spacial score (nSPS) is 18.5. The summed E-state index contributed by atoms with van der Waals surface area (Å²) in [5.41, 5.74) is 1.09. The predicted molar refractivity (Wildman–Crippen MR) is 68.7 cm³/mol. The van der Waals surface area contributed by atoms with Gasteiger partial charge >= 0.3 is 0 Å². The van der Waals surface area contributed by atoms with Gasteiger partial charge in [-0.25, -0.2) is 9.97 Å². The van der Waals surface area contributed by atoms with Crippen LogP contribution in [0, 0.1) is 6.92 Å². The van der Waals surface area contributed by atoms with Gasteiger partial charge in [-0.15, -0.1) is 0 Å². The van der Waals surface area contributed by atoms with Crippen molar-refractivity contribution in [3.05, 3.63) is 23.8 Å². The summed E-state index contributed by atoms with van der Waals surface area (Å²) in [5.74, 6) is 0.852. The van der Waals surface area contributed by atoms with Crippen molar-refractivity contribution >= 4 is 0 Å². The van der Waals surface area contributed by atoms with E-state index in [1.165, 1.54) is 32.5 Å². The van der Waals surface area contributed by atoms with Crippen molar-refractivity contribution < 1.29 is 0 Å². The first-order chi connectivity index (χ1) is 8.28. The van der Waals surface area contributed by atoms with E-state index in [1.807, 2.05) is 19.2 Å². The van der Waals surface area contributed by atoms with Crippen LogP contribution in [0.3, 0.4) is 0 Å². The first-order valence-electron chi connectivity index (χ1n) is 6.52. The fourth-order valence-corrected chi connectivity index (χ4v) is 2.31. The summed E-state index contributed by atoms with van der Waals surface area (Å²) in [7, 11) is 0. The third kappa shape index (κ3) is 3.75. The molecule has 2 rings (SSSR count). The van der Waals surface area contributed by atoms with Crippen LogP contribution in [0.1, 0.15) is 31.3 Å². The minimum atomic E-state index is 0.646. The molecule has 0 atom stereocenters. The molecule has 1 aromatic rings. The Balaban J connectivity index is 1.76. The quantitative estimate of drug-likeness (QED) is 0.854. The van der Waals surface area contributed by atoms with Gasteiger partial charge in [0, 0.05) is 18.8 Å². The minimum absolute atomic E-state index is 0.646. The Bertz CT molecular complexity index is 345. The van der Waals surface area contributed by atoms with E-state index in [2.05, 4.69) is 27.1 Å². The van der Waals surface area contributed by atoms with E-state index < -0.39 is 0 Å². The Morgan fingerprint density at radius 1 is 1.41 bits per heavy atom. The predicted octanol–water partition coefficient (Wildman–Crippen LogP) is 1.36. The number of hydrogen-bond donors (Lipinski definition) is 1. The molecule has 0 aliphatic carbocycles. The summed E-state index contributed by atoms with van der Waals surface area (Å²) >= 11 is 0. The number of nitrogens with one attached hydrogen (secondary N) is 1. The van der Waals surface area contributed by atoms with E-state index in [-0.39, 0.29) is 0 Å². The number of piperidine rings is 1. The molecule has 1 fully saturated rings. The van der Waals surface area contributed by atoms with Crippen molar-refractivity contribution in [3.8, 4) is 0 Å². The Hall–Kier alpha value is -1.00. The maximum Gasteiger partial charge on any atom is 0.125 e. The summed E-state index contributed by atoms with van der Waals surface area (Å²) in [4.78, 5) is 11.0. The van der Waals surface area contributed by atoms with Crippen LogP contribution in [0.2, 0.25) is 0 Å². The molecule has 94 valence electrons. The number of hydrogen-bond acceptors (Lipinski definition) is 4. The Morgan fingerprint density at radius 2 is 2.18 bits per heavy atom. The highest BCUT2D eigenvalue weighted by Gasteiger charge is 2.17. The lowest BCUT2D eigenvalue weighted by atomic mass is 10.1. The highest BCUT2D eigenvalue weighted by Crippen LogP contribution is 2.10. The summed E-state index contributed by atoms with van der Waals surface area (Å²) < 4.78 is 0. The van der Waals surface area contributed by atoms with Crippen molar-refractivity contribution in [3.63, 3.8) is 0 Å². The van der Waals surface area contributed by atoms with E-state index >= 15 is 0 Å². The molecule has 17 heavy (non-hydrogen) atoms. The summed E-state index contributed by atoms with van der Waals surface area (Å²) in [6.07, 6.45) is 4.33. The van der Waals surface area contributed by atoms with Gasteiger partial charge in [0.05, 0.1) is 5.69 Å². The Kier molecular flexibility index (Phi) is 4.45. The number of likely N-dealkylation sites (tertiary alicyclic amines) is 1. The summed E-state index contributed by atoms with van der Waals surface area (Å²) in [6.45, 7) is 8.65. The zero-order valence-corrected chi connectivity index (χ0v) is 10.8. The van der Waals surface area contributed by atoms with Gasteiger partial charge in [-0.3, -0.25) is 0 Å². The lowest BCUT2D eigenvalue weighted by Gasteiger charge is -2.31. The largest absolute Gasteiger partial charge is 0.308 e. The second-order valence-corrected chi connectivity index (χ2v) is 4.68. The van der Waals surface area contributed by atoms with Crippen LogP contribution in [0.25, 0.3) is 0 Å². The van der Waals surface area contributed by atoms with Gasteiger partial charge in [0.2, 0.25) is 0 Å². The topological polar surface area (TPSA) is 41.0 Å². The Labute approximate surface area is 103 Å². The van der Waals surface area contributed by atoms with Gasteiger partial charge in [-0.1, -0.05) is 6.92 Å². The minimum Gasteiger partial charge on any atom is -0.308 e. The smallest absolute Gasteiger partial charge is 0.125 e. The molecule has 0 aromatic carbocycles. The molecule has 1 aliphatic rings. The molecule has 0 amide bonds. The average molecular weight is 234 g/mol. The van der Waals surface area contributed by atoms with Crippen LogP contribution >= 0.6 is 0 Å². The molecule has 1 aromatic heterocycles. The molecular formula is C13H22N4. The van der Waals surface area contributed by atoms with Crippen LogP contribution in [-0.2, 0) is 6.54 Å². The lowest BCUT2D eigenvalue weighted by Crippen LogP contribution is -2.42. The van der Waals surface area contributed by atoms with Gasteiger partial charge in [0.1, 0.15) is 5.82 Å². The highest BCUT2D eigenvalue weighted by atomic mass is 15.1. The van der Waals surface area contributed by atoms with Crippen molar-refractivity contribution in [1.82, 2.24) is 20.2 Å². The first kappa shape index (κ1) is 12.5. The van der Waals surface area contributed by atoms with Crippen LogP contribution in [0.5, 0.6) is 0 Å².